The van der Waals surface area contributed by atoms with Crippen LogP contribution in [0.5, 0.6) is 0 Å². The van der Waals surface area contributed by atoms with Crippen molar-refractivity contribution in [2.24, 2.45) is 0 Å². The predicted octanol–water partition coefficient (Wildman–Crippen LogP) is 6.25. The number of thiophene rings is 1. The molecule has 1 amide bonds. The minimum Gasteiger partial charge on any atom is -0.384 e. The lowest BCUT2D eigenvalue weighted by Gasteiger charge is -2.15. The van der Waals surface area contributed by atoms with Crippen LogP contribution in [-0.4, -0.2) is 40.8 Å². The molecule has 1 saturated heterocycles. The number of likely N-dealkylation sites (tertiary alicyclic amines) is 1. The molecule has 5 rings (SSSR count). The van der Waals surface area contributed by atoms with E-state index < -0.39 is 6.17 Å². The minimum absolute atomic E-state index is 0.0669. The van der Waals surface area contributed by atoms with E-state index in [1.165, 1.54) is 15.1 Å². The molecule has 2 aromatic heterocycles. The highest BCUT2D eigenvalue weighted by Gasteiger charge is 2.26. The summed E-state index contributed by atoms with van der Waals surface area (Å²) in [6, 6.07) is 17.6. The number of aryl methyl sites for hydroxylation is 2. The molecular formula is C30H28FN3O2S. The van der Waals surface area contributed by atoms with Crippen LogP contribution in [0.3, 0.4) is 0 Å². The number of benzene rings is 2. The maximum absolute atomic E-state index is 13.5. The molecule has 4 aromatic rings. The zero-order valence-electron chi connectivity index (χ0n) is 20.6. The summed E-state index contributed by atoms with van der Waals surface area (Å²) < 4.78 is 14.7. The van der Waals surface area contributed by atoms with Gasteiger partial charge in [0.2, 0.25) is 0 Å². The molecule has 1 aliphatic heterocycles. The van der Waals surface area contributed by atoms with Crippen molar-refractivity contribution in [2.45, 2.75) is 32.4 Å². The lowest BCUT2D eigenvalue weighted by molar-refractivity contribution is -0.114. The molecule has 0 aliphatic carbocycles. The number of carbonyl (C=O) groups is 2. The Hall–Kier alpha value is -3.84. The smallest absolute Gasteiger partial charge is 0.253 e. The Bertz CT molecular complexity index is 1480. The molecule has 37 heavy (non-hydrogen) atoms. The average molecular weight is 514 g/mol. The molecule has 1 aliphatic rings. The first kappa shape index (κ1) is 24.8. The fourth-order valence-corrected chi connectivity index (χ4v) is 5.70. The standard InChI is InChI=1S/C30H28FN3O2S/c1-19-14-23(21-4-6-22(7-5-21)30(36)34-13-12-25(31)18-34)15-24-16-27(37-29(19)24)10-9-26(35)8-2-20-3-11-28(32)33-17-20/h2-8,11,14-17,25H,9-10,12-13,18H2,1H3,(H2,32,33)/b8-2+/t25-/m0/s1. The van der Waals surface area contributed by atoms with Crippen LogP contribution < -0.4 is 5.73 Å². The fourth-order valence-electron chi connectivity index (χ4n) is 4.60. The molecule has 3 heterocycles. The third-order valence-electron chi connectivity index (χ3n) is 6.62. The van der Waals surface area contributed by atoms with E-state index in [0.717, 1.165) is 22.1 Å². The number of nitrogens with zero attached hydrogens (tertiary/aromatic N) is 2. The monoisotopic (exact) mass is 513 g/mol. The van der Waals surface area contributed by atoms with Crippen LogP contribution in [0, 0.1) is 6.92 Å². The number of nitrogen functional groups attached to an aromatic ring is 1. The van der Waals surface area contributed by atoms with E-state index in [1.54, 1.807) is 40.7 Å². The highest BCUT2D eigenvalue weighted by Crippen LogP contribution is 2.34. The topological polar surface area (TPSA) is 76.3 Å². The highest BCUT2D eigenvalue weighted by molar-refractivity contribution is 7.19. The Morgan fingerprint density at radius 1 is 1.14 bits per heavy atom. The summed E-state index contributed by atoms with van der Waals surface area (Å²) in [5.41, 5.74) is 10.3. The first-order chi connectivity index (χ1) is 17.9. The molecule has 7 heteroatoms. The van der Waals surface area contributed by atoms with Crippen LogP contribution in [0.2, 0.25) is 0 Å². The van der Waals surface area contributed by atoms with E-state index in [2.05, 4.69) is 30.1 Å². The van der Waals surface area contributed by atoms with Gasteiger partial charge in [0.1, 0.15) is 12.0 Å². The summed E-state index contributed by atoms with van der Waals surface area (Å²) >= 11 is 1.73. The largest absolute Gasteiger partial charge is 0.384 e. The van der Waals surface area contributed by atoms with Gasteiger partial charge in [-0.3, -0.25) is 9.59 Å². The maximum atomic E-state index is 13.5. The number of pyridine rings is 1. The molecule has 0 saturated carbocycles. The maximum Gasteiger partial charge on any atom is 0.253 e. The van der Waals surface area contributed by atoms with Gasteiger partial charge in [-0.1, -0.05) is 12.1 Å². The summed E-state index contributed by atoms with van der Waals surface area (Å²) in [5, 5.41) is 1.15. The quantitative estimate of drug-likeness (QED) is 0.296. The van der Waals surface area contributed by atoms with E-state index in [0.29, 0.717) is 37.2 Å². The van der Waals surface area contributed by atoms with Gasteiger partial charge in [0.05, 0.1) is 6.54 Å². The van der Waals surface area contributed by atoms with Gasteiger partial charge in [-0.25, -0.2) is 9.37 Å². The van der Waals surface area contributed by atoms with Crippen LogP contribution in [-0.2, 0) is 11.2 Å². The van der Waals surface area contributed by atoms with Crippen molar-refractivity contribution in [3.63, 3.8) is 0 Å². The van der Waals surface area contributed by atoms with Crippen molar-refractivity contribution in [1.29, 1.82) is 0 Å². The second-order valence-electron chi connectivity index (χ2n) is 9.45. The first-order valence-corrected chi connectivity index (χ1v) is 13.2. The summed E-state index contributed by atoms with van der Waals surface area (Å²) in [4.78, 5) is 31.8. The molecule has 1 fully saturated rings. The SMILES string of the molecule is Cc1cc(-c2ccc(C(=O)N3CC[C@H](F)C3)cc2)cc2cc(CCC(=O)/C=C/c3ccc(N)nc3)sc12. The summed E-state index contributed by atoms with van der Waals surface area (Å²) in [6.45, 7) is 2.75. The van der Waals surface area contributed by atoms with E-state index in [9.17, 15) is 14.0 Å². The van der Waals surface area contributed by atoms with E-state index in [-0.39, 0.29) is 18.2 Å². The molecule has 0 spiro atoms. The van der Waals surface area contributed by atoms with Gasteiger partial charge >= 0.3 is 0 Å². The Kier molecular flexibility index (Phi) is 7.15. The number of nitrogens with two attached hydrogens (primary N) is 1. The van der Waals surface area contributed by atoms with Gasteiger partial charge in [0.15, 0.2) is 5.78 Å². The minimum atomic E-state index is -0.921. The molecule has 2 aromatic carbocycles. The van der Waals surface area contributed by atoms with Crippen LogP contribution >= 0.6 is 11.3 Å². The van der Waals surface area contributed by atoms with E-state index in [4.69, 9.17) is 5.73 Å². The van der Waals surface area contributed by atoms with Gasteiger partial charge in [0.25, 0.3) is 5.91 Å². The Morgan fingerprint density at radius 3 is 2.65 bits per heavy atom. The number of alkyl halides is 1. The predicted molar refractivity (Wildman–Crippen MR) is 148 cm³/mol. The second kappa shape index (κ2) is 10.6. The molecule has 0 unspecified atom stereocenters. The number of aromatic nitrogens is 1. The van der Waals surface area contributed by atoms with Crippen molar-refractivity contribution in [3.8, 4) is 11.1 Å². The molecule has 188 valence electrons. The third kappa shape index (κ3) is 5.78. The Balaban J connectivity index is 1.26. The number of carbonyl (C=O) groups excluding carboxylic acids is 2. The van der Waals surface area contributed by atoms with Crippen molar-refractivity contribution < 1.29 is 14.0 Å². The van der Waals surface area contributed by atoms with Gasteiger partial charge < -0.3 is 10.6 Å². The van der Waals surface area contributed by atoms with Crippen molar-refractivity contribution in [1.82, 2.24) is 9.88 Å². The second-order valence-corrected chi connectivity index (χ2v) is 10.6. The number of amides is 1. The number of rotatable bonds is 7. The number of hydrogen-bond donors (Lipinski definition) is 1. The fraction of sp³-hybridized carbons (Fsp3) is 0.233. The number of allylic oxidation sites excluding steroid dienone is 1. The number of halogens is 1. The number of fused-ring (bicyclic) bond motifs is 1. The van der Waals surface area contributed by atoms with Crippen molar-refractivity contribution in [3.05, 3.63) is 88.4 Å². The lowest BCUT2D eigenvalue weighted by atomic mass is 10.00. The van der Waals surface area contributed by atoms with Crippen molar-refractivity contribution in [2.75, 3.05) is 18.8 Å². The van der Waals surface area contributed by atoms with Crippen molar-refractivity contribution >= 4 is 45.0 Å². The Labute approximate surface area is 219 Å². The zero-order chi connectivity index (χ0) is 25.9. The normalized spacial score (nSPS) is 15.6. The van der Waals surface area contributed by atoms with Crippen LogP contribution in [0.1, 0.15) is 39.2 Å². The molecule has 1 atom stereocenters. The molecule has 2 N–H and O–H groups in total. The summed E-state index contributed by atoms with van der Waals surface area (Å²) in [5.74, 6) is 0.404. The highest BCUT2D eigenvalue weighted by atomic mass is 32.1. The van der Waals surface area contributed by atoms with Crippen LogP contribution in [0.4, 0.5) is 10.2 Å². The van der Waals surface area contributed by atoms with Crippen LogP contribution in [0.25, 0.3) is 27.3 Å². The lowest BCUT2D eigenvalue weighted by Crippen LogP contribution is -2.28. The van der Waals surface area contributed by atoms with Gasteiger partial charge in [-0.2, -0.15) is 0 Å². The summed E-state index contributed by atoms with van der Waals surface area (Å²) in [6.07, 6.45) is 5.62. The summed E-state index contributed by atoms with van der Waals surface area (Å²) in [7, 11) is 0. The van der Waals surface area contributed by atoms with Crippen LogP contribution in [0.15, 0.2) is 66.9 Å². The molecule has 0 bridgehead atoms. The molecular weight excluding hydrogens is 485 g/mol. The van der Waals surface area contributed by atoms with Gasteiger partial charge in [0, 0.05) is 34.3 Å². The molecule has 0 radical (unpaired) electrons. The number of ketones is 1. The Morgan fingerprint density at radius 2 is 1.95 bits per heavy atom. The van der Waals surface area contributed by atoms with Gasteiger partial charge in [-0.05, 0) is 102 Å². The zero-order valence-corrected chi connectivity index (χ0v) is 21.4. The van der Waals surface area contributed by atoms with E-state index in [1.807, 2.05) is 30.3 Å². The van der Waals surface area contributed by atoms with Gasteiger partial charge in [-0.15, -0.1) is 11.3 Å². The average Bonchev–Trinajstić information content (AvgIpc) is 3.53. The first-order valence-electron chi connectivity index (χ1n) is 12.3. The molecule has 5 nitrogen and oxygen atoms in total. The van der Waals surface area contributed by atoms with E-state index >= 15 is 0 Å². The number of hydrogen-bond acceptors (Lipinski definition) is 5. The third-order valence-corrected chi connectivity index (χ3v) is 7.97. The number of anilines is 1.